The molecule has 1 fully saturated rings. The minimum Gasteiger partial charge on any atom is -0.429 e. The number of hydrogen-bond donors (Lipinski definition) is 1. The van der Waals surface area contributed by atoms with Crippen LogP contribution < -0.4 is 10.1 Å². The Kier molecular flexibility index (Phi) is 7.24. The third-order valence-electron chi connectivity index (χ3n) is 5.71. The van der Waals surface area contributed by atoms with Crippen LogP contribution >= 0.6 is 0 Å². The lowest BCUT2D eigenvalue weighted by Crippen LogP contribution is -2.38. The number of carbonyl (C=O) groups is 2. The lowest BCUT2D eigenvalue weighted by molar-refractivity contribution is -0.120. The van der Waals surface area contributed by atoms with Gasteiger partial charge in [0.2, 0.25) is 0 Å². The van der Waals surface area contributed by atoms with Gasteiger partial charge in [-0.2, -0.15) is 9.90 Å². The van der Waals surface area contributed by atoms with Gasteiger partial charge in [-0.25, -0.2) is 0 Å². The third-order valence-corrected chi connectivity index (χ3v) is 5.71. The van der Waals surface area contributed by atoms with E-state index in [1.165, 1.54) is 16.6 Å². The largest absolute Gasteiger partial charge is 0.429 e. The van der Waals surface area contributed by atoms with Crippen LogP contribution in [0.2, 0.25) is 0 Å². The maximum atomic E-state index is 12.5. The normalized spacial score (nSPS) is 14.8. The van der Waals surface area contributed by atoms with Crippen LogP contribution in [0.5, 0.6) is 5.75 Å². The lowest BCUT2D eigenvalue weighted by atomic mass is 9.96. The number of amides is 1. The average Bonchev–Trinajstić information content (AvgIpc) is 3.29. The first-order valence-corrected chi connectivity index (χ1v) is 10.8. The Morgan fingerprint density at radius 3 is 2.47 bits per heavy atom. The summed E-state index contributed by atoms with van der Waals surface area (Å²) in [6.07, 6.45) is 3.63. The van der Waals surface area contributed by atoms with Crippen molar-refractivity contribution in [2.45, 2.75) is 25.9 Å². The molecule has 1 aliphatic rings. The maximum Gasteiger partial charge on any atom is 0.298 e. The maximum absolute atomic E-state index is 12.5. The number of hydrogen-bond acceptors (Lipinski definition) is 6. The SMILES string of the molecule is O=COc1ccc(Cn2ncc(C(=O)NCC3CCN(Cc4ccccc4)CC3)n2)cc1. The van der Waals surface area contributed by atoms with Crippen LogP contribution in [0.15, 0.2) is 60.8 Å². The zero-order chi connectivity index (χ0) is 22.2. The monoisotopic (exact) mass is 433 g/mol. The van der Waals surface area contributed by atoms with Crippen molar-refractivity contribution in [3.05, 3.63) is 77.6 Å². The highest BCUT2D eigenvalue weighted by molar-refractivity contribution is 5.91. The Bertz CT molecular complexity index is 1010. The molecule has 1 amide bonds. The molecular weight excluding hydrogens is 406 g/mol. The van der Waals surface area contributed by atoms with E-state index in [1.807, 2.05) is 18.2 Å². The third kappa shape index (κ3) is 6.01. The molecule has 32 heavy (non-hydrogen) atoms. The van der Waals surface area contributed by atoms with Crippen molar-refractivity contribution in [1.29, 1.82) is 0 Å². The molecule has 0 radical (unpaired) electrons. The molecule has 0 atom stereocenters. The molecule has 1 saturated heterocycles. The van der Waals surface area contributed by atoms with Gasteiger partial charge in [-0.15, -0.1) is 5.10 Å². The number of ether oxygens (including phenoxy) is 1. The van der Waals surface area contributed by atoms with Gasteiger partial charge in [-0.1, -0.05) is 42.5 Å². The summed E-state index contributed by atoms with van der Waals surface area (Å²) in [7, 11) is 0. The van der Waals surface area contributed by atoms with Crippen molar-refractivity contribution in [3.8, 4) is 5.75 Å². The minimum absolute atomic E-state index is 0.197. The Hall–Kier alpha value is -3.52. The lowest BCUT2D eigenvalue weighted by Gasteiger charge is -2.32. The predicted octanol–water partition coefficient (Wildman–Crippen LogP) is 2.50. The van der Waals surface area contributed by atoms with Gasteiger partial charge in [0.25, 0.3) is 12.4 Å². The van der Waals surface area contributed by atoms with Crippen LogP contribution in [0.3, 0.4) is 0 Å². The number of carbonyl (C=O) groups excluding carboxylic acids is 2. The minimum atomic E-state index is -0.197. The summed E-state index contributed by atoms with van der Waals surface area (Å²) in [5.74, 6) is 0.758. The zero-order valence-electron chi connectivity index (χ0n) is 17.9. The Labute approximate surface area is 187 Å². The number of nitrogens with zero attached hydrogens (tertiary/aromatic N) is 4. The summed E-state index contributed by atoms with van der Waals surface area (Å²) in [5.41, 5.74) is 2.59. The van der Waals surface area contributed by atoms with Crippen LogP contribution in [-0.4, -0.2) is 51.9 Å². The summed E-state index contributed by atoms with van der Waals surface area (Å²) in [6, 6.07) is 17.6. The predicted molar refractivity (Wildman–Crippen MR) is 119 cm³/mol. The molecule has 8 nitrogen and oxygen atoms in total. The highest BCUT2D eigenvalue weighted by Crippen LogP contribution is 2.18. The molecule has 0 unspecified atom stereocenters. The van der Waals surface area contributed by atoms with Crippen molar-refractivity contribution in [3.63, 3.8) is 0 Å². The molecule has 1 N–H and O–H groups in total. The van der Waals surface area contributed by atoms with Crippen molar-refractivity contribution in [1.82, 2.24) is 25.2 Å². The highest BCUT2D eigenvalue weighted by Gasteiger charge is 2.20. The fourth-order valence-corrected chi connectivity index (χ4v) is 3.89. The molecular formula is C24H27N5O3. The molecule has 8 heteroatoms. The molecule has 0 bridgehead atoms. The topological polar surface area (TPSA) is 89.3 Å². The number of nitrogens with one attached hydrogen (secondary N) is 1. The molecule has 2 heterocycles. The molecule has 1 aromatic heterocycles. The first-order valence-electron chi connectivity index (χ1n) is 10.8. The van der Waals surface area contributed by atoms with Crippen molar-refractivity contribution < 1.29 is 14.3 Å². The van der Waals surface area contributed by atoms with E-state index in [1.54, 1.807) is 12.1 Å². The zero-order valence-corrected chi connectivity index (χ0v) is 17.9. The van der Waals surface area contributed by atoms with Gasteiger partial charge in [-0.3, -0.25) is 14.5 Å². The molecule has 0 saturated carbocycles. The molecule has 4 rings (SSSR count). The molecule has 3 aromatic rings. The van der Waals surface area contributed by atoms with Crippen molar-refractivity contribution in [2.75, 3.05) is 19.6 Å². The van der Waals surface area contributed by atoms with Gasteiger partial charge < -0.3 is 10.1 Å². The Balaban J connectivity index is 1.20. The van der Waals surface area contributed by atoms with E-state index in [2.05, 4.69) is 44.7 Å². The Morgan fingerprint density at radius 1 is 1.03 bits per heavy atom. The van der Waals surface area contributed by atoms with E-state index in [0.717, 1.165) is 38.0 Å². The average molecular weight is 434 g/mol. The van der Waals surface area contributed by atoms with Gasteiger partial charge in [0.15, 0.2) is 5.69 Å². The van der Waals surface area contributed by atoms with E-state index in [0.29, 0.717) is 36.9 Å². The second-order valence-corrected chi connectivity index (χ2v) is 8.03. The number of rotatable bonds is 9. The number of likely N-dealkylation sites (tertiary alicyclic amines) is 1. The summed E-state index contributed by atoms with van der Waals surface area (Å²) in [4.78, 5) is 26.8. The Morgan fingerprint density at radius 2 is 1.75 bits per heavy atom. The van der Waals surface area contributed by atoms with Crippen LogP contribution in [0, 0.1) is 5.92 Å². The standard InChI is InChI=1S/C24H27N5O3/c30-18-32-22-8-6-21(7-9-22)17-29-26-15-23(27-29)24(31)25-14-19-10-12-28(13-11-19)16-20-4-2-1-3-5-20/h1-9,15,18-19H,10-14,16-17H2,(H,25,31). The second kappa shape index (κ2) is 10.7. The first kappa shape index (κ1) is 21.7. The van der Waals surface area contributed by atoms with Gasteiger partial charge in [0, 0.05) is 13.1 Å². The quantitative estimate of drug-likeness (QED) is 0.522. The van der Waals surface area contributed by atoms with Crippen molar-refractivity contribution >= 4 is 12.4 Å². The van der Waals surface area contributed by atoms with Crippen LogP contribution in [0.4, 0.5) is 0 Å². The fourth-order valence-electron chi connectivity index (χ4n) is 3.89. The summed E-state index contributed by atoms with van der Waals surface area (Å²) in [6.45, 7) is 4.54. The van der Waals surface area contributed by atoms with Gasteiger partial charge in [0.1, 0.15) is 5.75 Å². The summed E-state index contributed by atoms with van der Waals surface area (Å²) >= 11 is 0. The van der Waals surface area contributed by atoms with E-state index in [9.17, 15) is 9.59 Å². The van der Waals surface area contributed by atoms with E-state index >= 15 is 0 Å². The van der Waals surface area contributed by atoms with E-state index in [4.69, 9.17) is 4.74 Å². The molecule has 0 aliphatic carbocycles. The number of aromatic nitrogens is 3. The van der Waals surface area contributed by atoms with Crippen molar-refractivity contribution in [2.24, 2.45) is 5.92 Å². The first-order chi connectivity index (χ1) is 15.7. The number of piperidine rings is 1. The fraction of sp³-hybridized carbons (Fsp3) is 0.333. The van der Waals surface area contributed by atoms with Gasteiger partial charge in [-0.05, 0) is 55.1 Å². The summed E-state index contributed by atoms with van der Waals surface area (Å²) in [5, 5.41) is 11.5. The van der Waals surface area contributed by atoms with Gasteiger partial charge >= 0.3 is 0 Å². The molecule has 0 spiro atoms. The van der Waals surface area contributed by atoms with E-state index in [-0.39, 0.29) is 5.91 Å². The van der Waals surface area contributed by atoms with Crippen LogP contribution in [0.1, 0.15) is 34.5 Å². The van der Waals surface area contributed by atoms with Crippen LogP contribution in [0.25, 0.3) is 0 Å². The molecule has 1 aliphatic heterocycles. The molecule has 166 valence electrons. The number of benzene rings is 2. The highest BCUT2D eigenvalue weighted by atomic mass is 16.5. The van der Waals surface area contributed by atoms with E-state index < -0.39 is 0 Å². The smallest absolute Gasteiger partial charge is 0.298 e. The molecule has 2 aromatic carbocycles. The van der Waals surface area contributed by atoms with Gasteiger partial charge in [0.05, 0.1) is 12.7 Å². The second-order valence-electron chi connectivity index (χ2n) is 8.03. The summed E-state index contributed by atoms with van der Waals surface area (Å²) < 4.78 is 4.78. The van der Waals surface area contributed by atoms with Crippen LogP contribution in [-0.2, 0) is 17.9 Å².